The van der Waals surface area contributed by atoms with Gasteiger partial charge in [0.25, 0.3) is 5.56 Å². The van der Waals surface area contributed by atoms with E-state index in [0.717, 1.165) is 22.7 Å². The molecular formula is C24H24F3N3O3. The van der Waals surface area contributed by atoms with Crippen LogP contribution in [0.1, 0.15) is 23.1 Å². The van der Waals surface area contributed by atoms with E-state index in [4.69, 9.17) is 9.47 Å². The van der Waals surface area contributed by atoms with E-state index >= 15 is 0 Å². The van der Waals surface area contributed by atoms with Crippen molar-refractivity contribution in [3.05, 3.63) is 63.4 Å². The first-order chi connectivity index (χ1) is 15.6. The number of methoxy groups -OCH3 is 2. The van der Waals surface area contributed by atoms with Gasteiger partial charge < -0.3 is 14.4 Å². The molecule has 9 heteroatoms. The van der Waals surface area contributed by atoms with Crippen molar-refractivity contribution in [3.63, 3.8) is 0 Å². The van der Waals surface area contributed by atoms with Crippen molar-refractivity contribution < 1.29 is 22.6 Å². The number of hydrogen-bond donors (Lipinski definition) is 0. The summed E-state index contributed by atoms with van der Waals surface area (Å²) in [6.45, 7) is 0. The number of ether oxygens (including phenoxy) is 2. The van der Waals surface area contributed by atoms with Gasteiger partial charge in [0.15, 0.2) is 0 Å². The number of nitrogens with zero attached hydrogens (tertiary/aromatic N) is 3. The van der Waals surface area contributed by atoms with Gasteiger partial charge in [0, 0.05) is 37.0 Å². The molecule has 0 atom stereocenters. The largest absolute Gasteiger partial charge is 0.497 e. The van der Waals surface area contributed by atoms with E-state index in [1.165, 1.54) is 26.4 Å². The summed E-state index contributed by atoms with van der Waals surface area (Å²) < 4.78 is 53.3. The summed E-state index contributed by atoms with van der Waals surface area (Å²) in [5.74, 6) is 1.03. The summed E-state index contributed by atoms with van der Waals surface area (Å²) in [5, 5.41) is 4.48. The van der Waals surface area contributed by atoms with Crippen LogP contribution in [0.2, 0.25) is 0 Å². The summed E-state index contributed by atoms with van der Waals surface area (Å²) >= 11 is 0. The molecule has 6 nitrogen and oxygen atoms in total. The monoisotopic (exact) mass is 459 g/mol. The number of anilines is 1. The SMILES string of the molecule is COc1cc(OC)cc(-c2nn(-c3cc(N(C)C)ccc3C(F)(F)F)c(=O)c3c2CCC3)c1. The molecule has 0 radical (unpaired) electrons. The topological polar surface area (TPSA) is 56.6 Å². The van der Waals surface area contributed by atoms with Crippen LogP contribution < -0.4 is 19.9 Å². The third kappa shape index (κ3) is 4.15. The Morgan fingerprint density at radius 1 is 0.970 bits per heavy atom. The van der Waals surface area contributed by atoms with Crippen molar-refractivity contribution in [2.24, 2.45) is 0 Å². The van der Waals surface area contributed by atoms with Crippen molar-refractivity contribution >= 4 is 5.69 Å². The molecule has 0 amide bonds. The molecule has 0 saturated heterocycles. The van der Waals surface area contributed by atoms with Crippen LogP contribution in [0.4, 0.5) is 18.9 Å². The molecule has 0 fully saturated rings. The highest BCUT2D eigenvalue weighted by Crippen LogP contribution is 2.37. The van der Waals surface area contributed by atoms with Crippen LogP contribution in [-0.4, -0.2) is 38.1 Å². The van der Waals surface area contributed by atoms with Crippen LogP contribution >= 0.6 is 0 Å². The summed E-state index contributed by atoms with van der Waals surface area (Å²) in [7, 11) is 6.47. The molecule has 2 aromatic carbocycles. The zero-order valence-corrected chi connectivity index (χ0v) is 18.8. The highest BCUT2D eigenvalue weighted by atomic mass is 19.4. The number of rotatable bonds is 5. The molecule has 3 aromatic rings. The van der Waals surface area contributed by atoms with Gasteiger partial charge in [-0.3, -0.25) is 4.79 Å². The quantitative estimate of drug-likeness (QED) is 0.563. The van der Waals surface area contributed by atoms with E-state index in [2.05, 4.69) is 5.10 Å². The predicted molar refractivity (Wildman–Crippen MR) is 120 cm³/mol. The van der Waals surface area contributed by atoms with Gasteiger partial charge in [-0.25, -0.2) is 0 Å². The van der Waals surface area contributed by atoms with Crippen molar-refractivity contribution in [2.75, 3.05) is 33.2 Å². The fourth-order valence-corrected chi connectivity index (χ4v) is 4.13. The first-order valence-electron chi connectivity index (χ1n) is 10.4. The lowest BCUT2D eigenvalue weighted by molar-refractivity contribution is -0.137. The molecule has 0 N–H and O–H groups in total. The Bertz CT molecular complexity index is 1240. The molecule has 0 spiro atoms. The molecule has 0 aliphatic heterocycles. The molecular weight excluding hydrogens is 435 g/mol. The van der Waals surface area contributed by atoms with Crippen molar-refractivity contribution in [1.82, 2.24) is 9.78 Å². The fourth-order valence-electron chi connectivity index (χ4n) is 4.13. The lowest BCUT2D eigenvalue weighted by atomic mass is 10.0. The molecule has 1 aromatic heterocycles. The minimum absolute atomic E-state index is 0.301. The molecule has 4 rings (SSSR count). The van der Waals surface area contributed by atoms with Crippen LogP contribution in [0, 0.1) is 0 Å². The molecule has 0 saturated carbocycles. The van der Waals surface area contributed by atoms with Gasteiger partial charge in [0.1, 0.15) is 11.5 Å². The summed E-state index contributed by atoms with van der Waals surface area (Å²) in [6.07, 6.45) is -2.81. The van der Waals surface area contributed by atoms with Gasteiger partial charge in [-0.15, -0.1) is 0 Å². The maximum atomic E-state index is 13.9. The maximum Gasteiger partial charge on any atom is 0.418 e. The zero-order valence-electron chi connectivity index (χ0n) is 18.8. The molecule has 33 heavy (non-hydrogen) atoms. The van der Waals surface area contributed by atoms with Gasteiger partial charge in [-0.1, -0.05) is 0 Å². The molecule has 0 bridgehead atoms. The van der Waals surface area contributed by atoms with Crippen LogP contribution in [-0.2, 0) is 19.0 Å². The van der Waals surface area contributed by atoms with Gasteiger partial charge in [0.2, 0.25) is 0 Å². The Labute approximate surface area is 189 Å². The van der Waals surface area contributed by atoms with Crippen molar-refractivity contribution in [3.8, 4) is 28.4 Å². The average molecular weight is 459 g/mol. The normalized spacial score (nSPS) is 13.1. The van der Waals surface area contributed by atoms with E-state index < -0.39 is 17.3 Å². The number of hydrogen-bond acceptors (Lipinski definition) is 5. The van der Waals surface area contributed by atoms with E-state index in [1.54, 1.807) is 37.2 Å². The number of halogens is 3. The lowest BCUT2D eigenvalue weighted by Gasteiger charge is -2.20. The van der Waals surface area contributed by atoms with Crippen LogP contribution in [0.5, 0.6) is 11.5 Å². The van der Waals surface area contributed by atoms with Gasteiger partial charge in [-0.2, -0.15) is 23.0 Å². The van der Waals surface area contributed by atoms with Crippen molar-refractivity contribution in [1.29, 1.82) is 0 Å². The van der Waals surface area contributed by atoms with E-state index in [-0.39, 0.29) is 5.69 Å². The Morgan fingerprint density at radius 3 is 2.18 bits per heavy atom. The van der Waals surface area contributed by atoms with Gasteiger partial charge in [-0.05, 0) is 55.2 Å². The second kappa shape index (κ2) is 8.46. The smallest absolute Gasteiger partial charge is 0.418 e. The molecule has 1 aliphatic carbocycles. The van der Waals surface area contributed by atoms with E-state index in [1.807, 2.05) is 0 Å². The molecule has 174 valence electrons. The third-order valence-electron chi connectivity index (χ3n) is 5.81. The standard InChI is InChI=1S/C24H24F3N3O3/c1-29(2)15-8-9-20(24(25,26)27)21(12-15)30-23(31)19-7-5-6-18(19)22(28-30)14-10-16(32-3)13-17(11-14)33-4/h8-13H,5-7H2,1-4H3. The van der Waals surface area contributed by atoms with Gasteiger partial charge in [0.05, 0.1) is 31.2 Å². The minimum Gasteiger partial charge on any atom is -0.497 e. The van der Waals surface area contributed by atoms with Crippen LogP contribution in [0.3, 0.4) is 0 Å². The van der Waals surface area contributed by atoms with Gasteiger partial charge >= 0.3 is 6.18 Å². The van der Waals surface area contributed by atoms with Crippen LogP contribution in [0.25, 0.3) is 16.9 Å². The minimum atomic E-state index is -4.65. The Kier molecular flexibility index (Phi) is 5.82. The summed E-state index contributed by atoms with van der Waals surface area (Å²) in [5.41, 5.74) is 1.07. The number of fused-ring (bicyclic) bond motifs is 1. The average Bonchev–Trinajstić information content (AvgIpc) is 3.28. The third-order valence-corrected chi connectivity index (χ3v) is 5.81. The Balaban J connectivity index is 2.04. The summed E-state index contributed by atoms with van der Waals surface area (Å²) in [4.78, 5) is 15.0. The first-order valence-corrected chi connectivity index (χ1v) is 10.4. The zero-order chi connectivity index (χ0) is 23.9. The Hall–Kier alpha value is -3.49. The number of benzene rings is 2. The highest BCUT2D eigenvalue weighted by molar-refractivity contribution is 5.69. The maximum absolute atomic E-state index is 13.9. The van der Waals surface area contributed by atoms with Crippen LogP contribution in [0.15, 0.2) is 41.2 Å². The highest BCUT2D eigenvalue weighted by Gasteiger charge is 2.35. The molecule has 0 unspecified atom stereocenters. The number of alkyl halides is 3. The lowest BCUT2D eigenvalue weighted by Crippen LogP contribution is -2.28. The molecule has 1 aliphatic rings. The number of aromatic nitrogens is 2. The van der Waals surface area contributed by atoms with E-state index in [9.17, 15) is 18.0 Å². The predicted octanol–water partition coefficient (Wildman–Crippen LogP) is 4.49. The fraction of sp³-hybridized carbons (Fsp3) is 0.333. The van der Waals surface area contributed by atoms with E-state index in [0.29, 0.717) is 46.8 Å². The molecule has 1 heterocycles. The second-order valence-corrected chi connectivity index (χ2v) is 8.07. The van der Waals surface area contributed by atoms with Crippen molar-refractivity contribution in [2.45, 2.75) is 25.4 Å². The summed E-state index contributed by atoms with van der Waals surface area (Å²) in [6, 6.07) is 8.87. The Morgan fingerprint density at radius 2 is 1.61 bits per heavy atom. The second-order valence-electron chi connectivity index (χ2n) is 8.07. The first kappa shape index (κ1) is 22.7.